The van der Waals surface area contributed by atoms with Crippen molar-refractivity contribution in [1.29, 1.82) is 0 Å². The summed E-state index contributed by atoms with van der Waals surface area (Å²) in [6.07, 6.45) is 10.5. The Balaban J connectivity index is 1.68. The van der Waals surface area contributed by atoms with Crippen molar-refractivity contribution in [1.82, 2.24) is 4.90 Å². The SMILES string of the molecule is NC(=O)C1(C(=O)N(C(Cc2ccccc2)C2(O)CCCCC2)C(Cc2ccccc2)C2(O)CCCCC2)CCC1. The second-order valence-corrected chi connectivity index (χ2v) is 12.8. The van der Waals surface area contributed by atoms with Crippen LogP contribution in [0.1, 0.15) is 94.6 Å². The van der Waals surface area contributed by atoms with Crippen molar-refractivity contribution in [2.45, 2.75) is 120 Å². The van der Waals surface area contributed by atoms with Gasteiger partial charge in [0.2, 0.25) is 11.8 Å². The highest BCUT2D eigenvalue weighted by molar-refractivity contribution is 6.05. The quantitative estimate of drug-likeness (QED) is 0.361. The zero-order valence-electron chi connectivity index (χ0n) is 23.8. The molecule has 2 amide bonds. The average molecular weight is 547 g/mol. The molecule has 2 aromatic rings. The molecule has 0 spiro atoms. The molecule has 3 aliphatic carbocycles. The van der Waals surface area contributed by atoms with Crippen LogP contribution in [0.15, 0.2) is 60.7 Å². The normalized spacial score (nSPS) is 22.9. The number of amides is 2. The Labute approximate surface area is 239 Å². The molecular formula is C34H46N2O4. The first-order valence-electron chi connectivity index (χ1n) is 15.4. The van der Waals surface area contributed by atoms with E-state index in [1.165, 1.54) is 0 Å². The van der Waals surface area contributed by atoms with Gasteiger partial charge in [-0.15, -0.1) is 0 Å². The van der Waals surface area contributed by atoms with Gasteiger partial charge < -0.3 is 20.8 Å². The second-order valence-electron chi connectivity index (χ2n) is 12.8. The lowest BCUT2D eigenvalue weighted by Gasteiger charge is -2.55. The fourth-order valence-corrected chi connectivity index (χ4v) is 7.61. The fraction of sp³-hybridized carbons (Fsp3) is 0.588. The van der Waals surface area contributed by atoms with Gasteiger partial charge in [0.05, 0.1) is 23.3 Å². The highest BCUT2D eigenvalue weighted by Gasteiger charge is 2.58. The molecule has 3 aliphatic rings. The van der Waals surface area contributed by atoms with Crippen molar-refractivity contribution in [2.24, 2.45) is 11.1 Å². The van der Waals surface area contributed by atoms with Gasteiger partial charge in [-0.3, -0.25) is 9.59 Å². The van der Waals surface area contributed by atoms with Crippen molar-refractivity contribution in [3.05, 3.63) is 71.8 Å². The molecule has 4 N–H and O–H groups in total. The predicted octanol–water partition coefficient (Wildman–Crippen LogP) is 5.08. The molecule has 6 heteroatoms. The first kappa shape index (κ1) is 28.8. The highest BCUT2D eigenvalue weighted by atomic mass is 16.3. The summed E-state index contributed by atoms with van der Waals surface area (Å²) >= 11 is 0. The van der Waals surface area contributed by atoms with Gasteiger partial charge in [0, 0.05) is 0 Å². The van der Waals surface area contributed by atoms with Gasteiger partial charge >= 0.3 is 0 Å². The number of primary amides is 1. The summed E-state index contributed by atoms with van der Waals surface area (Å²) in [6.45, 7) is 0. The third kappa shape index (κ3) is 5.71. The van der Waals surface area contributed by atoms with E-state index in [9.17, 15) is 19.8 Å². The lowest BCUT2D eigenvalue weighted by atomic mass is 9.65. The van der Waals surface area contributed by atoms with Crippen LogP contribution in [0.3, 0.4) is 0 Å². The van der Waals surface area contributed by atoms with Crippen LogP contribution in [0.4, 0.5) is 0 Å². The minimum atomic E-state index is -1.28. The molecule has 216 valence electrons. The highest BCUT2D eigenvalue weighted by Crippen LogP contribution is 2.47. The largest absolute Gasteiger partial charge is 0.388 e. The van der Waals surface area contributed by atoms with E-state index in [0.717, 1.165) is 56.1 Å². The summed E-state index contributed by atoms with van der Waals surface area (Å²) < 4.78 is 0. The average Bonchev–Trinajstić information content (AvgIpc) is 2.93. The first-order valence-corrected chi connectivity index (χ1v) is 15.4. The van der Waals surface area contributed by atoms with Crippen LogP contribution in [-0.4, -0.2) is 50.2 Å². The minimum absolute atomic E-state index is 0.300. The minimum Gasteiger partial charge on any atom is -0.388 e. The van der Waals surface area contributed by atoms with Crippen LogP contribution in [0, 0.1) is 5.41 Å². The van der Waals surface area contributed by atoms with Gasteiger partial charge in [0.15, 0.2) is 0 Å². The van der Waals surface area contributed by atoms with E-state index >= 15 is 0 Å². The zero-order valence-corrected chi connectivity index (χ0v) is 23.8. The molecular weight excluding hydrogens is 500 g/mol. The molecule has 0 saturated heterocycles. The van der Waals surface area contributed by atoms with E-state index < -0.39 is 34.6 Å². The van der Waals surface area contributed by atoms with Crippen molar-refractivity contribution >= 4 is 11.8 Å². The number of nitrogens with zero attached hydrogens (tertiary/aromatic N) is 1. The monoisotopic (exact) mass is 546 g/mol. The number of hydrogen-bond donors (Lipinski definition) is 3. The Hall–Kier alpha value is -2.70. The molecule has 2 aromatic carbocycles. The fourth-order valence-electron chi connectivity index (χ4n) is 7.61. The van der Waals surface area contributed by atoms with Crippen LogP contribution in [0.25, 0.3) is 0 Å². The molecule has 40 heavy (non-hydrogen) atoms. The summed E-state index contributed by atoms with van der Waals surface area (Å²) in [6, 6.07) is 18.9. The van der Waals surface area contributed by atoms with Crippen LogP contribution < -0.4 is 5.73 Å². The van der Waals surface area contributed by atoms with Crippen molar-refractivity contribution in [3.8, 4) is 0 Å². The lowest BCUT2D eigenvalue weighted by Crippen LogP contribution is -2.69. The van der Waals surface area contributed by atoms with E-state index in [-0.39, 0.29) is 5.91 Å². The molecule has 0 heterocycles. The summed E-state index contributed by atoms with van der Waals surface area (Å²) in [7, 11) is 0. The number of carbonyl (C=O) groups excluding carboxylic acids is 2. The molecule has 0 radical (unpaired) electrons. The maximum absolute atomic E-state index is 14.9. The van der Waals surface area contributed by atoms with Gasteiger partial charge in [-0.2, -0.15) is 0 Å². The molecule has 3 saturated carbocycles. The number of benzene rings is 2. The van der Waals surface area contributed by atoms with Crippen molar-refractivity contribution < 1.29 is 19.8 Å². The molecule has 2 atom stereocenters. The van der Waals surface area contributed by atoms with Crippen molar-refractivity contribution in [2.75, 3.05) is 0 Å². The Morgan fingerprint density at radius 1 is 0.650 bits per heavy atom. The smallest absolute Gasteiger partial charge is 0.238 e. The van der Waals surface area contributed by atoms with Crippen LogP contribution in [0.2, 0.25) is 0 Å². The number of carbonyl (C=O) groups is 2. The standard InChI is InChI=1S/C34H46N2O4/c35-30(37)32(18-13-19-32)31(38)36(28(24-26-14-5-1-6-15-26)33(39)20-9-3-10-21-33)29(25-27-16-7-2-8-17-27)34(40)22-11-4-12-23-34/h1-2,5-8,14-17,28-29,39-40H,3-4,9-13,18-25H2,(H2,35,37). The summed E-state index contributed by atoms with van der Waals surface area (Å²) in [5, 5.41) is 24.8. The molecule has 6 nitrogen and oxygen atoms in total. The summed E-state index contributed by atoms with van der Waals surface area (Å²) in [4.78, 5) is 29.7. The number of rotatable bonds is 10. The Kier molecular flexibility index (Phi) is 8.67. The first-order chi connectivity index (χ1) is 19.3. The molecule has 2 unspecified atom stereocenters. The third-order valence-electron chi connectivity index (χ3n) is 10.2. The molecule has 0 bridgehead atoms. The van der Waals surface area contributed by atoms with Gasteiger partial charge in [-0.1, -0.05) is 106 Å². The maximum Gasteiger partial charge on any atom is 0.238 e. The Morgan fingerprint density at radius 3 is 1.38 bits per heavy atom. The lowest BCUT2D eigenvalue weighted by molar-refractivity contribution is -0.180. The Bertz CT molecular complexity index is 1070. The molecule has 5 rings (SSSR count). The summed E-state index contributed by atoms with van der Waals surface area (Å²) in [5.41, 5.74) is 4.53. The molecule has 0 aliphatic heterocycles. The van der Waals surface area contributed by atoms with E-state index in [2.05, 4.69) is 0 Å². The summed E-state index contributed by atoms with van der Waals surface area (Å²) in [5.74, 6) is -0.886. The molecule has 3 fully saturated rings. The van der Waals surface area contributed by atoms with Gasteiger partial charge in [-0.25, -0.2) is 0 Å². The number of aliphatic hydroxyl groups is 2. The van der Waals surface area contributed by atoms with Crippen LogP contribution in [0.5, 0.6) is 0 Å². The van der Waals surface area contributed by atoms with E-state index in [0.29, 0.717) is 51.4 Å². The predicted molar refractivity (Wildman–Crippen MR) is 156 cm³/mol. The maximum atomic E-state index is 14.9. The molecule has 0 aromatic heterocycles. The van der Waals surface area contributed by atoms with Crippen molar-refractivity contribution in [3.63, 3.8) is 0 Å². The van der Waals surface area contributed by atoms with E-state index in [4.69, 9.17) is 5.73 Å². The second kappa shape index (κ2) is 12.0. The van der Waals surface area contributed by atoms with Gasteiger partial charge in [0.25, 0.3) is 0 Å². The van der Waals surface area contributed by atoms with Gasteiger partial charge in [0.1, 0.15) is 5.41 Å². The van der Waals surface area contributed by atoms with Gasteiger partial charge in [-0.05, 0) is 62.5 Å². The van der Waals surface area contributed by atoms with E-state index in [1.54, 1.807) is 0 Å². The Morgan fingerprint density at radius 2 is 1.05 bits per heavy atom. The number of nitrogens with two attached hydrogens (primary N) is 1. The third-order valence-corrected chi connectivity index (χ3v) is 10.2. The van der Waals surface area contributed by atoms with E-state index in [1.807, 2.05) is 65.6 Å². The number of hydrogen-bond acceptors (Lipinski definition) is 4. The topological polar surface area (TPSA) is 104 Å². The van der Waals surface area contributed by atoms with Crippen LogP contribution in [-0.2, 0) is 22.4 Å². The van der Waals surface area contributed by atoms with Crippen LogP contribution >= 0.6 is 0 Å². The zero-order chi connectivity index (χ0) is 28.2.